The SMILES string of the molecule is [C-]#[N+]c1ccc(CCBr)cc1. The van der Waals surface area contributed by atoms with Crippen LogP contribution in [0.5, 0.6) is 0 Å². The summed E-state index contributed by atoms with van der Waals surface area (Å²) in [6, 6.07) is 7.69. The lowest BCUT2D eigenvalue weighted by Gasteiger charge is -1.95. The monoisotopic (exact) mass is 209 g/mol. The lowest BCUT2D eigenvalue weighted by molar-refractivity contribution is 1.17. The molecule has 11 heavy (non-hydrogen) atoms. The molecule has 0 saturated carbocycles. The number of benzene rings is 1. The number of hydrogen-bond acceptors (Lipinski definition) is 0. The molecular weight excluding hydrogens is 202 g/mol. The zero-order chi connectivity index (χ0) is 8.10. The highest BCUT2D eigenvalue weighted by molar-refractivity contribution is 9.09. The van der Waals surface area contributed by atoms with E-state index in [1.165, 1.54) is 5.56 Å². The first kappa shape index (κ1) is 8.29. The molecule has 0 N–H and O–H groups in total. The molecule has 1 aromatic carbocycles. The van der Waals surface area contributed by atoms with E-state index < -0.39 is 0 Å². The molecule has 0 aliphatic carbocycles. The van der Waals surface area contributed by atoms with Crippen LogP contribution in [0.25, 0.3) is 4.85 Å². The highest BCUT2D eigenvalue weighted by atomic mass is 79.9. The molecular formula is C9H8BrN. The normalized spacial score (nSPS) is 9.09. The molecule has 0 bridgehead atoms. The fourth-order valence-corrected chi connectivity index (χ4v) is 1.30. The molecule has 0 saturated heterocycles. The minimum absolute atomic E-state index is 0.711. The van der Waals surface area contributed by atoms with Crippen molar-refractivity contribution in [3.63, 3.8) is 0 Å². The molecule has 1 nitrogen and oxygen atoms in total. The van der Waals surface area contributed by atoms with Crippen molar-refractivity contribution < 1.29 is 0 Å². The number of rotatable bonds is 2. The summed E-state index contributed by atoms with van der Waals surface area (Å²) in [4.78, 5) is 3.31. The van der Waals surface area contributed by atoms with E-state index in [0.29, 0.717) is 5.69 Å². The van der Waals surface area contributed by atoms with Gasteiger partial charge in [-0.25, -0.2) is 4.85 Å². The number of halogens is 1. The van der Waals surface area contributed by atoms with Gasteiger partial charge in [0.2, 0.25) is 0 Å². The third kappa shape index (κ3) is 2.36. The van der Waals surface area contributed by atoms with Crippen LogP contribution in [0.2, 0.25) is 0 Å². The fraction of sp³-hybridized carbons (Fsp3) is 0.222. The van der Waals surface area contributed by atoms with Crippen LogP contribution in [0.3, 0.4) is 0 Å². The van der Waals surface area contributed by atoms with Gasteiger partial charge in [-0.3, -0.25) is 0 Å². The van der Waals surface area contributed by atoms with E-state index in [9.17, 15) is 0 Å². The molecule has 0 spiro atoms. The second kappa shape index (κ2) is 4.15. The van der Waals surface area contributed by atoms with Crippen molar-refractivity contribution >= 4 is 21.6 Å². The molecule has 0 fully saturated rings. The van der Waals surface area contributed by atoms with E-state index in [0.717, 1.165) is 11.8 Å². The van der Waals surface area contributed by atoms with Crippen molar-refractivity contribution in [3.8, 4) is 0 Å². The Labute approximate surface area is 75.0 Å². The second-order valence-electron chi connectivity index (χ2n) is 2.22. The minimum atomic E-state index is 0.711. The van der Waals surface area contributed by atoms with Gasteiger partial charge < -0.3 is 0 Å². The topological polar surface area (TPSA) is 4.36 Å². The summed E-state index contributed by atoms with van der Waals surface area (Å²) in [5.74, 6) is 0. The molecule has 0 aliphatic heterocycles. The van der Waals surface area contributed by atoms with E-state index >= 15 is 0 Å². The van der Waals surface area contributed by atoms with E-state index in [2.05, 4.69) is 20.8 Å². The third-order valence-corrected chi connectivity index (χ3v) is 1.85. The van der Waals surface area contributed by atoms with Crippen molar-refractivity contribution in [1.82, 2.24) is 0 Å². The van der Waals surface area contributed by atoms with Crippen molar-refractivity contribution in [1.29, 1.82) is 0 Å². The Kier molecular flexibility index (Phi) is 3.13. The fourth-order valence-electron chi connectivity index (χ4n) is 0.846. The van der Waals surface area contributed by atoms with Gasteiger partial charge in [-0.15, -0.1) is 0 Å². The van der Waals surface area contributed by atoms with Gasteiger partial charge in [0.05, 0.1) is 6.57 Å². The van der Waals surface area contributed by atoms with Crippen molar-refractivity contribution in [3.05, 3.63) is 41.2 Å². The molecule has 0 amide bonds. The summed E-state index contributed by atoms with van der Waals surface area (Å²) in [5.41, 5.74) is 1.98. The van der Waals surface area contributed by atoms with Crippen LogP contribution >= 0.6 is 15.9 Å². The van der Waals surface area contributed by atoms with Gasteiger partial charge in [-0.1, -0.05) is 40.2 Å². The standard InChI is InChI=1S/C9H8BrN/c1-11-9-4-2-8(3-5-9)6-7-10/h2-5H,6-7H2. The Morgan fingerprint density at radius 1 is 1.27 bits per heavy atom. The number of nitrogens with zero attached hydrogens (tertiary/aromatic N) is 1. The van der Waals surface area contributed by atoms with E-state index in [1.54, 1.807) is 0 Å². The number of hydrogen-bond donors (Lipinski definition) is 0. The van der Waals surface area contributed by atoms with Crippen LogP contribution < -0.4 is 0 Å². The van der Waals surface area contributed by atoms with E-state index in [-0.39, 0.29) is 0 Å². The number of alkyl halides is 1. The largest absolute Gasteiger partial charge is 0.238 e. The predicted molar refractivity (Wildman–Crippen MR) is 50.2 cm³/mol. The molecule has 0 radical (unpaired) electrons. The van der Waals surface area contributed by atoms with Gasteiger partial charge in [0, 0.05) is 5.33 Å². The molecule has 1 rings (SSSR count). The van der Waals surface area contributed by atoms with E-state index in [4.69, 9.17) is 6.57 Å². The Morgan fingerprint density at radius 2 is 1.91 bits per heavy atom. The highest BCUT2D eigenvalue weighted by Gasteiger charge is 1.91. The van der Waals surface area contributed by atoms with Gasteiger partial charge in [0.25, 0.3) is 0 Å². The highest BCUT2D eigenvalue weighted by Crippen LogP contribution is 2.12. The van der Waals surface area contributed by atoms with Gasteiger partial charge in [-0.2, -0.15) is 0 Å². The first-order chi connectivity index (χ1) is 5.36. The maximum Gasteiger partial charge on any atom is 0.187 e. The Morgan fingerprint density at radius 3 is 2.36 bits per heavy atom. The maximum atomic E-state index is 6.73. The zero-order valence-corrected chi connectivity index (χ0v) is 7.63. The molecule has 0 unspecified atom stereocenters. The summed E-state index contributed by atoms with van der Waals surface area (Å²) in [7, 11) is 0. The van der Waals surface area contributed by atoms with Gasteiger partial charge in [0.1, 0.15) is 0 Å². The van der Waals surface area contributed by atoms with Crippen LogP contribution in [0.4, 0.5) is 5.69 Å². The summed E-state index contributed by atoms with van der Waals surface area (Å²) < 4.78 is 0. The molecule has 1 aromatic rings. The maximum absolute atomic E-state index is 6.73. The second-order valence-corrected chi connectivity index (χ2v) is 3.01. The van der Waals surface area contributed by atoms with Crippen LogP contribution in [0.1, 0.15) is 5.56 Å². The molecule has 0 aliphatic rings. The van der Waals surface area contributed by atoms with Crippen molar-refractivity contribution in [2.75, 3.05) is 5.33 Å². The smallest absolute Gasteiger partial charge is 0.187 e. The average Bonchev–Trinajstić information content (AvgIpc) is 2.07. The Bertz CT molecular complexity index is 258. The first-order valence-corrected chi connectivity index (χ1v) is 4.51. The lowest BCUT2D eigenvalue weighted by Crippen LogP contribution is -1.82. The summed E-state index contributed by atoms with van der Waals surface area (Å²) in [5, 5.41) is 0.977. The van der Waals surface area contributed by atoms with Crippen LogP contribution in [0, 0.1) is 6.57 Å². The Hall–Kier alpha value is -0.810. The average molecular weight is 210 g/mol. The summed E-state index contributed by atoms with van der Waals surface area (Å²) in [6.07, 6.45) is 1.03. The Balaban J connectivity index is 2.76. The van der Waals surface area contributed by atoms with E-state index in [1.807, 2.05) is 24.3 Å². The lowest BCUT2D eigenvalue weighted by atomic mass is 10.2. The predicted octanol–water partition coefficient (Wildman–Crippen LogP) is 3.17. The van der Waals surface area contributed by atoms with Gasteiger partial charge in [-0.05, 0) is 12.0 Å². The van der Waals surface area contributed by atoms with Crippen LogP contribution in [-0.4, -0.2) is 5.33 Å². The van der Waals surface area contributed by atoms with Gasteiger partial charge in [0.15, 0.2) is 5.69 Å². The quantitative estimate of drug-likeness (QED) is 0.521. The van der Waals surface area contributed by atoms with Crippen LogP contribution in [-0.2, 0) is 6.42 Å². The van der Waals surface area contributed by atoms with Gasteiger partial charge >= 0.3 is 0 Å². The van der Waals surface area contributed by atoms with Crippen molar-refractivity contribution in [2.45, 2.75) is 6.42 Å². The molecule has 2 heteroatoms. The van der Waals surface area contributed by atoms with Crippen LogP contribution in [0.15, 0.2) is 24.3 Å². The molecule has 0 atom stereocenters. The summed E-state index contributed by atoms with van der Waals surface area (Å²) in [6.45, 7) is 6.73. The molecule has 56 valence electrons. The molecule has 0 heterocycles. The minimum Gasteiger partial charge on any atom is -0.238 e. The third-order valence-electron chi connectivity index (χ3n) is 1.45. The number of aryl methyl sites for hydroxylation is 1. The summed E-state index contributed by atoms with van der Waals surface area (Å²) >= 11 is 3.36. The zero-order valence-electron chi connectivity index (χ0n) is 6.05. The first-order valence-electron chi connectivity index (χ1n) is 3.39. The molecule has 0 aromatic heterocycles. The van der Waals surface area contributed by atoms with Crippen molar-refractivity contribution in [2.24, 2.45) is 0 Å².